The molecule has 0 aliphatic heterocycles. The number of hydrogen-bond acceptors (Lipinski definition) is 3. The SMILES string of the molecule is O=C(NCc1ccccc1)c1ccc(CN(Cc2ccccc2)C(=O)Nc2ccc(F)cc2)o1. The van der Waals surface area contributed by atoms with Crippen LogP contribution in [0.15, 0.2) is 101 Å². The lowest BCUT2D eigenvalue weighted by atomic mass is 10.2. The van der Waals surface area contributed by atoms with Gasteiger partial charge in [0.1, 0.15) is 11.6 Å². The minimum atomic E-state index is -0.382. The number of furan rings is 1. The lowest BCUT2D eigenvalue weighted by Gasteiger charge is -2.22. The number of rotatable bonds is 8. The molecule has 0 radical (unpaired) electrons. The van der Waals surface area contributed by atoms with Crippen LogP contribution in [0.2, 0.25) is 0 Å². The molecule has 7 heteroatoms. The summed E-state index contributed by atoms with van der Waals surface area (Å²) in [4.78, 5) is 27.0. The van der Waals surface area contributed by atoms with Gasteiger partial charge in [-0.05, 0) is 47.5 Å². The number of anilines is 1. The minimum absolute atomic E-state index is 0.147. The standard InChI is InChI=1S/C27H24FN3O3/c28-22-11-13-23(14-12-22)30-27(33)31(18-21-9-5-2-6-10-21)19-24-15-16-25(34-24)26(32)29-17-20-7-3-1-4-8-20/h1-16H,17-19H2,(H,29,32)(H,30,33). The quantitative estimate of drug-likeness (QED) is 0.363. The summed E-state index contributed by atoms with van der Waals surface area (Å²) >= 11 is 0. The molecule has 0 saturated heterocycles. The van der Waals surface area contributed by atoms with Gasteiger partial charge in [-0.15, -0.1) is 0 Å². The van der Waals surface area contributed by atoms with Crippen molar-refractivity contribution >= 4 is 17.6 Å². The Labute approximate surface area is 197 Å². The van der Waals surface area contributed by atoms with Crippen LogP contribution < -0.4 is 10.6 Å². The number of amides is 3. The molecule has 34 heavy (non-hydrogen) atoms. The fourth-order valence-corrected chi connectivity index (χ4v) is 3.38. The number of carbonyl (C=O) groups is 2. The van der Waals surface area contributed by atoms with Crippen LogP contribution >= 0.6 is 0 Å². The predicted octanol–water partition coefficient (Wildman–Crippen LogP) is 5.58. The second kappa shape index (κ2) is 11.0. The molecule has 1 aromatic heterocycles. The van der Waals surface area contributed by atoms with Crippen LogP contribution in [0.25, 0.3) is 0 Å². The maximum atomic E-state index is 13.2. The number of urea groups is 1. The fourth-order valence-electron chi connectivity index (χ4n) is 3.38. The van der Waals surface area contributed by atoms with E-state index in [-0.39, 0.29) is 30.1 Å². The van der Waals surface area contributed by atoms with Crippen molar-refractivity contribution in [2.24, 2.45) is 0 Å². The first-order chi connectivity index (χ1) is 16.6. The van der Waals surface area contributed by atoms with Crippen LogP contribution in [0.1, 0.15) is 27.4 Å². The van der Waals surface area contributed by atoms with Crippen molar-refractivity contribution in [3.05, 3.63) is 126 Å². The van der Waals surface area contributed by atoms with E-state index in [1.807, 2.05) is 60.7 Å². The Morgan fingerprint density at radius 3 is 2.09 bits per heavy atom. The van der Waals surface area contributed by atoms with Crippen molar-refractivity contribution < 1.29 is 18.4 Å². The Hall–Kier alpha value is -4.39. The smallest absolute Gasteiger partial charge is 0.322 e. The van der Waals surface area contributed by atoms with Gasteiger partial charge in [-0.1, -0.05) is 60.7 Å². The third kappa shape index (κ3) is 6.32. The number of benzene rings is 3. The summed E-state index contributed by atoms with van der Waals surface area (Å²) in [5.74, 6) is -0.0761. The molecule has 1 heterocycles. The van der Waals surface area contributed by atoms with Crippen molar-refractivity contribution in [2.75, 3.05) is 5.32 Å². The number of hydrogen-bond donors (Lipinski definition) is 2. The predicted molar refractivity (Wildman–Crippen MR) is 127 cm³/mol. The van der Waals surface area contributed by atoms with Crippen LogP contribution in [-0.4, -0.2) is 16.8 Å². The molecule has 4 aromatic rings. The molecule has 0 aliphatic carbocycles. The monoisotopic (exact) mass is 457 g/mol. The number of halogens is 1. The van der Waals surface area contributed by atoms with E-state index in [4.69, 9.17) is 4.42 Å². The zero-order valence-electron chi connectivity index (χ0n) is 18.4. The van der Waals surface area contributed by atoms with Crippen molar-refractivity contribution in [1.29, 1.82) is 0 Å². The summed E-state index contributed by atoms with van der Waals surface area (Å²) in [7, 11) is 0. The average molecular weight is 458 g/mol. The molecule has 0 unspecified atom stereocenters. The van der Waals surface area contributed by atoms with Gasteiger partial charge in [0.15, 0.2) is 5.76 Å². The molecule has 0 saturated carbocycles. The van der Waals surface area contributed by atoms with E-state index in [1.54, 1.807) is 17.0 Å². The number of nitrogens with one attached hydrogen (secondary N) is 2. The third-order valence-electron chi connectivity index (χ3n) is 5.13. The van der Waals surface area contributed by atoms with Gasteiger partial charge in [0.05, 0.1) is 6.54 Å². The van der Waals surface area contributed by atoms with Crippen LogP contribution in [0, 0.1) is 5.82 Å². The molecule has 0 aliphatic rings. The summed E-state index contributed by atoms with van der Waals surface area (Å²) in [6, 6.07) is 27.6. The summed E-state index contributed by atoms with van der Waals surface area (Å²) < 4.78 is 18.9. The van der Waals surface area contributed by atoms with E-state index in [9.17, 15) is 14.0 Å². The average Bonchev–Trinajstić information content (AvgIpc) is 3.33. The second-order valence-electron chi connectivity index (χ2n) is 7.71. The molecule has 0 spiro atoms. The van der Waals surface area contributed by atoms with Crippen LogP contribution in [0.3, 0.4) is 0 Å². The molecular weight excluding hydrogens is 433 g/mol. The van der Waals surface area contributed by atoms with Gasteiger partial charge in [0, 0.05) is 18.8 Å². The second-order valence-corrected chi connectivity index (χ2v) is 7.71. The largest absolute Gasteiger partial charge is 0.454 e. The maximum Gasteiger partial charge on any atom is 0.322 e. The van der Waals surface area contributed by atoms with Crippen molar-refractivity contribution in [2.45, 2.75) is 19.6 Å². The van der Waals surface area contributed by atoms with E-state index in [2.05, 4.69) is 10.6 Å². The van der Waals surface area contributed by atoms with Crippen LogP contribution in [-0.2, 0) is 19.6 Å². The first kappa shape index (κ1) is 22.8. The van der Waals surface area contributed by atoms with Crippen LogP contribution in [0.4, 0.5) is 14.9 Å². The molecule has 3 amide bonds. The Kier molecular flexibility index (Phi) is 7.35. The van der Waals surface area contributed by atoms with Gasteiger partial charge in [-0.3, -0.25) is 4.79 Å². The van der Waals surface area contributed by atoms with Gasteiger partial charge in [0.2, 0.25) is 0 Å². The summed E-state index contributed by atoms with van der Waals surface area (Å²) in [6.07, 6.45) is 0. The Morgan fingerprint density at radius 2 is 1.41 bits per heavy atom. The topological polar surface area (TPSA) is 74.6 Å². The molecular formula is C27H24FN3O3. The van der Waals surface area contributed by atoms with E-state index in [1.165, 1.54) is 24.3 Å². The Balaban J connectivity index is 1.44. The van der Waals surface area contributed by atoms with Gasteiger partial charge in [-0.25, -0.2) is 9.18 Å². The Bertz CT molecular complexity index is 1220. The zero-order valence-corrected chi connectivity index (χ0v) is 18.4. The van der Waals surface area contributed by atoms with Crippen molar-refractivity contribution in [3.8, 4) is 0 Å². The Morgan fingerprint density at radius 1 is 0.765 bits per heavy atom. The lowest BCUT2D eigenvalue weighted by Crippen LogP contribution is -2.34. The molecule has 172 valence electrons. The first-order valence-corrected chi connectivity index (χ1v) is 10.8. The summed E-state index contributed by atoms with van der Waals surface area (Å²) in [6.45, 7) is 0.855. The van der Waals surface area contributed by atoms with Crippen LogP contribution in [0.5, 0.6) is 0 Å². The summed E-state index contributed by atoms with van der Waals surface area (Å²) in [5.41, 5.74) is 2.39. The lowest BCUT2D eigenvalue weighted by molar-refractivity contribution is 0.0920. The first-order valence-electron chi connectivity index (χ1n) is 10.8. The van der Waals surface area contributed by atoms with Crippen molar-refractivity contribution in [1.82, 2.24) is 10.2 Å². The van der Waals surface area contributed by atoms with E-state index in [0.717, 1.165) is 11.1 Å². The van der Waals surface area contributed by atoms with Gasteiger partial charge >= 0.3 is 6.03 Å². The third-order valence-corrected chi connectivity index (χ3v) is 5.13. The summed E-state index contributed by atoms with van der Waals surface area (Å²) in [5, 5.41) is 5.60. The van der Waals surface area contributed by atoms with Crippen molar-refractivity contribution in [3.63, 3.8) is 0 Å². The number of carbonyl (C=O) groups excluding carboxylic acids is 2. The molecule has 0 fully saturated rings. The highest BCUT2D eigenvalue weighted by molar-refractivity contribution is 5.91. The van der Waals surface area contributed by atoms with E-state index < -0.39 is 0 Å². The molecule has 2 N–H and O–H groups in total. The molecule has 4 rings (SSSR count). The highest BCUT2D eigenvalue weighted by atomic mass is 19.1. The maximum absolute atomic E-state index is 13.2. The molecule has 6 nitrogen and oxygen atoms in total. The fraction of sp³-hybridized carbons (Fsp3) is 0.111. The molecule has 0 bridgehead atoms. The number of nitrogens with zero attached hydrogens (tertiary/aromatic N) is 1. The highest BCUT2D eigenvalue weighted by Gasteiger charge is 2.18. The van der Waals surface area contributed by atoms with E-state index in [0.29, 0.717) is 24.5 Å². The van der Waals surface area contributed by atoms with Gasteiger partial charge < -0.3 is 20.0 Å². The molecule has 3 aromatic carbocycles. The zero-order chi connectivity index (χ0) is 23.8. The highest BCUT2D eigenvalue weighted by Crippen LogP contribution is 2.16. The van der Waals surface area contributed by atoms with Gasteiger partial charge in [-0.2, -0.15) is 0 Å². The minimum Gasteiger partial charge on any atom is -0.454 e. The molecule has 0 atom stereocenters. The van der Waals surface area contributed by atoms with E-state index >= 15 is 0 Å². The normalized spacial score (nSPS) is 10.5. The van der Waals surface area contributed by atoms with Gasteiger partial charge in [0.25, 0.3) is 5.91 Å².